The number of methoxy groups -OCH3 is 1. The zero-order valence-electron chi connectivity index (χ0n) is 33.3. The number of amides is 1. The summed E-state index contributed by atoms with van der Waals surface area (Å²) in [5, 5.41) is 14.7. The van der Waals surface area contributed by atoms with Gasteiger partial charge in [0.25, 0.3) is 11.6 Å². The van der Waals surface area contributed by atoms with Crippen molar-refractivity contribution < 1.29 is 27.8 Å². The van der Waals surface area contributed by atoms with Crippen LogP contribution in [0.3, 0.4) is 0 Å². The lowest BCUT2D eigenvalue weighted by atomic mass is 10.0. The average molecular weight is 766 g/mol. The number of carbonyl (C=O) groups excluding carboxylic acids is 2. The lowest BCUT2D eigenvalue weighted by Crippen LogP contribution is -2.29. The normalized spacial score (nSPS) is 15.3. The number of ether oxygens (including phenoxy) is 1. The molecule has 1 saturated heterocycles. The van der Waals surface area contributed by atoms with Crippen LogP contribution in [0, 0.1) is 16.0 Å². The Labute approximate surface area is 325 Å². The minimum absolute atomic E-state index is 0.167. The van der Waals surface area contributed by atoms with E-state index in [4.69, 9.17) is 0 Å². The molecule has 1 heterocycles. The molecule has 2 aromatic carbocycles. The third-order valence-corrected chi connectivity index (χ3v) is 8.65. The van der Waals surface area contributed by atoms with Gasteiger partial charge in [0.1, 0.15) is 16.8 Å². The first-order valence-electron chi connectivity index (χ1n) is 18.4. The van der Waals surface area contributed by atoms with E-state index in [1.807, 2.05) is 87.5 Å². The molecule has 1 aliphatic carbocycles. The summed E-state index contributed by atoms with van der Waals surface area (Å²) in [6.07, 6.45) is 13.0. The number of hydrogen-bond acceptors (Lipinski definition) is 6. The first-order valence-corrected chi connectivity index (χ1v) is 19.6. The van der Waals surface area contributed by atoms with Gasteiger partial charge in [0.2, 0.25) is 0 Å². The number of rotatable bonds is 12. The Morgan fingerprint density at radius 1 is 1.07 bits per heavy atom. The summed E-state index contributed by atoms with van der Waals surface area (Å²) in [5.74, 6) is -0.249. The largest absolute Gasteiger partial charge is 0.469 e. The highest BCUT2D eigenvalue weighted by Crippen LogP contribution is 2.31. The maximum Gasteiger partial charge on any atom is 0.307 e. The van der Waals surface area contributed by atoms with Crippen LogP contribution < -0.4 is 5.32 Å². The van der Waals surface area contributed by atoms with Crippen molar-refractivity contribution in [3.8, 4) is 0 Å². The van der Waals surface area contributed by atoms with Gasteiger partial charge >= 0.3 is 5.97 Å². The number of carbonyl (C=O) groups is 2. The number of unbranched alkanes of at least 4 members (excludes halogenated alkanes) is 1. The van der Waals surface area contributed by atoms with Crippen molar-refractivity contribution in [2.75, 3.05) is 20.2 Å². The van der Waals surface area contributed by atoms with Crippen LogP contribution in [0.4, 0.5) is 4.39 Å². The van der Waals surface area contributed by atoms with Gasteiger partial charge in [0.05, 0.1) is 24.5 Å². The smallest absolute Gasteiger partial charge is 0.307 e. The van der Waals surface area contributed by atoms with E-state index in [2.05, 4.69) is 44.3 Å². The Morgan fingerprint density at radius 2 is 1.65 bits per heavy atom. The Morgan fingerprint density at radius 3 is 2.13 bits per heavy atom. The molecule has 2 aromatic rings. The van der Waals surface area contributed by atoms with Gasteiger partial charge in [-0.1, -0.05) is 116 Å². The van der Waals surface area contributed by atoms with Gasteiger partial charge in [-0.2, -0.15) is 0 Å². The summed E-state index contributed by atoms with van der Waals surface area (Å²) >= 11 is 0. The molecule has 296 valence electrons. The number of benzene rings is 2. The number of halogens is 1. The highest BCUT2D eigenvalue weighted by atomic mass is 32.2. The summed E-state index contributed by atoms with van der Waals surface area (Å²) in [7, 11) is -0.172. The molecule has 2 atom stereocenters. The second-order valence-corrected chi connectivity index (χ2v) is 13.5. The fraction of sp³-hybridized carbons (Fsp3) is 0.395. The minimum Gasteiger partial charge on any atom is -0.469 e. The number of fused-ring (bicyclic) bond motifs is 1. The van der Waals surface area contributed by atoms with Gasteiger partial charge < -0.3 is 10.1 Å². The first kappa shape index (κ1) is 49.3. The van der Waals surface area contributed by atoms with Crippen LogP contribution >= 0.6 is 0 Å². The van der Waals surface area contributed by atoms with E-state index in [9.17, 15) is 28.3 Å². The van der Waals surface area contributed by atoms with Crippen molar-refractivity contribution in [3.63, 3.8) is 0 Å². The highest BCUT2D eigenvalue weighted by molar-refractivity contribution is 7.85. The predicted octanol–water partition coefficient (Wildman–Crippen LogP) is 10.0. The zero-order valence-corrected chi connectivity index (χ0v) is 34.1. The third-order valence-electron chi connectivity index (χ3n) is 7.39. The second kappa shape index (κ2) is 29.7. The zero-order chi connectivity index (χ0) is 40.9. The van der Waals surface area contributed by atoms with Gasteiger partial charge in [0.15, 0.2) is 0 Å². The Hall–Kier alpha value is -4.74. The summed E-state index contributed by atoms with van der Waals surface area (Å²) in [5.41, 5.74) is 3.49. The van der Waals surface area contributed by atoms with Gasteiger partial charge in [-0.15, -0.1) is 0 Å². The van der Waals surface area contributed by atoms with Gasteiger partial charge in [-0.3, -0.25) is 19.7 Å². The molecule has 4 rings (SSSR count). The molecule has 1 N–H and O–H groups in total. The molecule has 0 saturated carbocycles. The molecule has 2 aliphatic rings. The summed E-state index contributed by atoms with van der Waals surface area (Å²) in [4.78, 5) is 32.8. The van der Waals surface area contributed by atoms with Crippen molar-refractivity contribution in [1.29, 1.82) is 0 Å². The number of nitrogens with zero attached hydrogens (tertiary/aromatic N) is 2. The number of hydrogen-bond donors (Lipinski definition) is 1. The van der Waals surface area contributed by atoms with Crippen LogP contribution in [0.15, 0.2) is 132 Å². The predicted molar refractivity (Wildman–Crippen MR) is 221 cm³/mol. The summed E-state index contributed by atoms with van der Waals surface area (Å²) in [6, 6.07) is 19.2. The number of esters is 1. The van der Waals surface area contributed by atoms with Gasteiger partial charge in [-0.25, -0.2) is 12.9 Å². The van der Waals surface area contributed by atoms with Crippen LogP contribution in [0.25, 0.3) is 0 Å². The van der Waals surface area contributed by atoms with Crippen molar-refractivity contribution in [1.82, 2.24) is 9.62 Å². The number of nitrogens with one attached hydrogen (secondary N) is 1. The first-order chi connectivity index (χ1) is 25.9. The van der Waals surface area contributed by atoms with Crippen molar-refractivity contribution in [2.24, 2.45) is 5.92 Å². The molecule has 11 heteroatoms. The quantitative estimate of drug-likeness (QED) is 0.0995. The molecule has 1 aliphatic heterocycles. The SMILES string of the molecule is C=C/C(=C\C=C\S(=O)N1CCC2=CC(C)=CC(F)=CC21)[N+](=O)[O-].CC.CCCC.COC(=O)CCNC(=O)c1ccc(CC(C)C)cc1.c1ccccc1. The number of allylic oxidation sites excluding steroid dienone is 7. The standard InChI is InChI=1S/C16H17FN2O3S.C15H21NO3.C6H6.C4H10.C2H6/c1-3-15(19(20)21)5-4-8-23(22)18-7-6-13-9-12(2)10-14(17)11-16(13)18;1-11(2)10-12-4-6-13(7-5-12)15(18)16-9-8-14(17)19-3;1-2-4-6-5-3-1;1-3-4-2;1-2/h3-5,8-11,16H,1,6-7H2,2H3;4-7,11H,8-10H2,1-3H3,(H,16,18);1-6H;3-4H2,1-2H3;1-2H3/b8-4+,15-5+;;;;. The molecule has 2 unspecified atom stereocenters. The lowest BCUT2D eigenvalue weighted by molar-refractivity contribution is -0.418. The molecule has 0 aromatic heterocycles. The highest BCUT2D eigenvalue weighted by Gasteiger charge is 2.32. The maximum atomic E-state index is 13.8. The lowest BCUT2D eigenvalue weighted by Gasteiger charge is -2.18. The maximum absolute atomic E-state index is 13.8. The molecule has 0 radical (unpaired) electrons. The van der Waals surface area contributed by atoms with Gasteiger partial charge in [-0.05, 0) is 72.8 Å². The molecular formula is C43H60FN3O6S. The molecule has 0 spiro atoms. The van der Waals surface area contributed by atoms with E-state index in [0.29, 0.717) is 31.0 Å². The fourth-order valence-electron chi connectivity index (χ4n) is 4.63. The minimum atomic E-state index is -1.50. The topological polar surface area (TPSA) is 119 Å². The average Bonchev–Trinajstić information content (AvgIpc) is 3.49. The van der Waals surface area contributed by atoms with E-state index in [0.717, 1.165) is 23.6 Å². The van der Waals surface area contributed by atoms with Crippen molar-refractivity contribution >= 4 is 22.9 Å². The molecule has 54 heavy (non-hydrogen) atoms. The van der Waals surface area contributed by atoms with E-state index in [-0.39, 0.29) is 35.9 Å². The molecule has 1 amide bonds. The third kappa shape index (κ3) is 21.1. The Bertz CT molecular complexity index is 1570. The van der Waals surface area contributed by atoms with Gasteiger partial charge in [0, 0.05) is 36.2 Å². The molecule has 9 nitrogen and oxygen atoms in total. The van der Waals surface area contributed by atoms with E-state index < -0.39 is 15.9 Å². The summed E-state index contributed by atoms with van der Waals surface area (Å²) in [6.45, 7) is 18.7. The molecule has 1 fully saturated rings. The Kier molecular flexibility index (Phi) is 27.1. The van der Waals surface area contributed by atoms with Crippen LogP contribution in [0.2, 0.25) is 0 Å². The summed E-state index contributed by atoms with van der Waals surface area (Å²) < 4.78 is 32.3. The van der Waals surface area contributed by atoms with Crippen LogP contribution in [-0.2, 0) is 26.9 Å². The monoisotopic (exact) mass is 765 g/mol. The van der Waals surface area contributed by atoms with Crippen molar-refractivity contribution in [2.45, 2.75) is 86.6 Å². The van der Waals surface area contributed by atoms with E-state index in [1.54, 1.807) is 4.31 Å². The van der Waals surface area contributed by atoms with E-state index >= 15 is 0 Å². The second-order valence-electron chi connectivity index (χ2n) is 12.2. The van der Waals surface area contributed by atoms with Crippen LogP contribution in [0.5, 0.6) is 0 Å². The number of nitro groups is 1. The fourth-order valence-corrected chi connectivity index (χ4v) is 5.69. The van der Waals surface area contributed by atoms with Crippen molar-refractivity contribution in [3.05, 3.63) is 153 Å². The van der Waals surface area contributed by atoms with Crippen LogP contribution in [-0.4, -0.2) is 51.6 Å². The molecule has 0 bridgehead atoms. The Balaban J connectivity index is 0.000000806. The molecular weight excluding hydrogens is 706 g/mol. The van der Waals surface area contributed by atoms with E-state index in [1.165, 1.54) is 55.2 Å². The van der Waals surface area contributed by atoms with Crippen LogP contribution in [0.1, 0.15) is 90.1 Å².